The molecule has 0 unspecified atom stereocenters. The van der Waals surface area contributed by atoms with Crippen LogP contribution in [0.2, 0.25) is 0 Å². The number of hydrogen-bond acceptors (Lipinski definition) is 3. The molecule has 0 aliphatic carbocycles. The van der Waals surface area contributed by atoms with Gasteiger partial charge >= 0.3 is 5.97 Å². The summed E-state index contributed by atoms with van der Waals surface area (Å²) in [6.45, 7) is 2.56. The van der Waals surface area contributed by atoms with Gasteiger partial charge < -0.3 is 14.6 Å². The summed E-state index contributed by atoms with van der Waals surface area (Å²) in [7, 11) is 0. The Balaban J connectivity index is 2.47. The smallest absolute Gasteiger partial charge is 0.328 e. The Labute approximate surface area is 104 Å². The van der Waals surface area contributed by atoms with Gasteiger partial charge in [-0.25, -0.2) is 9.18 Å². The molecule has 0 atom stereocenters. The minimum atomic E-state index is -1.10. The maximum atomic E-state index is 13.9. The Morgan fingerprint density at radius 3 is 2.56 bits per heavy atom. The van der Waals surface area contributed by atoms with Crippen LogP contribution in [0.3, 0.4) is 0 Å². The molecule has 1 aromatic carbocycles. The second-order valence-electron chi connectivity index (χ2n) is 3.84. The zero-order chi connectivity index (χ0) is 13.1. The van der Waals surface area contributed by atoms with E-state index in [9.17, 15) is 9.18 Å². The van der Waals surface area contributed by atoms with E-state index >= 15 is 0 Å². The third-order valence-electron chi connectivity index (χ3n) is 2.66. The molecule has 18 heavy (non-hydrogen) atoms. The van der Waals surface area contributed by atoms with Gasteiger partial charge in [0.25, 0.3) is 0 Å². The van der Waals surface area contributed by atoms with Crippen molar-refractivity contribution in [3.63, 3.8) is 0 Å². The molecule has 0 fully saturated rings. The molecule has 0 amide bonds. The van der Waals surface area contributed by atoms with Crippen LogP contribution in [0.5, 0.6) is 11.5 Å². The van der Waals surface area contributed by atoms with Crippen LogP contribution in [0.15, 0.2) is 18.2 Å². The standard InChI is InChI=1S/C13H13FO4/c1-2-8(5-13(15)16)9-6-11-12(7-10(9)14)18-4-3-17-11/h5-7H,2-4H2,1H3,(H,15,16)/b8-5+. The zero-order valence-corrected chi connectivity index (χ0v) is 9.90. The molecule has 1 aromatic rings. The lowest BCUT2D eigenvalue weighted by molar-refractivity contribution is -0.131. The van der Waals surface area contributed by atoms with Gasteiger partial charge in [-0.1, -0.05) is 6.92 Å². The van der Waals surface area contributed by atoms with Crippen LogP contribution >= 0.6 is 0 Å². The van der Waals surface area contributed by atoms with E-state index in [1.165, 1.54) is 12.1 Å². The molecule has 0 radical (unpaired) electrons. The Morgan fingerprint density at radius 2 is 2.00 bits per heavy atom. The van der Waals surface area contributed by atoms with Crippen molar-refractivity contribution < 1.29 is 23.8 Å². The number of rotatable bonds is 3. The Morgan fingerprint density at radius 1 is 1.39 bits per heavy atom. The van der Waals surface area contributed by atoms with Crippen molar-refractivity contribution >= 4 is 11.5 Å². The molecule has 1 aliphatic heterocycles. The van der Waals surface area contributed by atoms with Gasteiger partial charge in [0.15, 0.2) is 11.5 Å². The summed E-state index contributed by atoms with van der Waals surface area (Å²) < 4.78 is 24.5. The Bertz CT molecular complexity index is 508. The van der Waals surface area contributed by atoms with Crippen LogP contribution in [-0.2, 0) is 4.79 Å². The van der Waals surface area contributed by atoms with E-state index in [2.05, 4.69) is 0 Å². The summed E-state index contributed by atoms with van der Waals surface area (Å²) in [6, 6.07) is 2.72. The molecule has 2 rings (SSSR count). The third kappa shape index (κ3) is 2.45. The van der Waals surface area contributed by atoms with Gasteiger partial charge in [-0.2, -0.15) is 0 Å². The Hall–Kier alpha value is -2.04. The number of carboxylic acids is 1. The van der Waals surface area contributed by atoms with Gasteiger partial charge in [-0.15, -0.1) is 0 Å². The quantitative estimate of drug-likeness (QED) is 0.839. The van der Waals surface area contributed by atoms with Crippen molar-refractivity contribution in [2.45, 2.75) is 13.3 Å². The minimum Gasteiger partial charge on any atom is -0.486 e. The largest absolute Gasteiger partial charge is 0.486 e. The topological polar surface area (TPSA) is 55.8 Å². The fourth-order valence-electron chi connectivity index (χ4n) is 1.83. The first kappa shape index (κ1) is 12.4. The summed E-state index contributed by atoms with van der Waals surface area (Å²) in [5.41, 5.74) is 0.654. The molecule has 0 spiro atoms. The second-order valence-corrected chi connectivity index (χ2v) is 3.84. The van der Waals surface area contributed by atoms with Gasteiger partial charge in [0.05, 0.1) is 0 Å². The maximum Gasteiger partial charge on any atom is 0.328 e. The predicted molar refractivity (Wildman–Crippen MR) is 63.3 cm³/mol. The second kappa shape index (κ2) is 5.08. The first-order chi connectivity index (χ1) is 8.61. The highest BCUT2D eigenvalue weighted by Gasteiger charge is 2.17. The molecule has 1 N–H and O–H groups in total. The normalized spacial score (nSPS) is 14.4. The zero-order valence-electron chi connectivity index (χ0n) is 9.90. The van der Waals surface area contributed by atoms with Crippen molar-refractivity contribution in [2.24, 2.45) is 0 Å². The lowest BCUT2D eigenvalue weighted by Gasteiger charge is -2.19. The van der Waals surface area contributed by atoms with Crippen molar-refractivity contribution in [3.05, 3.63) is 29.6 Å². The lowest BCUT2D eigenvalue weighted by Crippen LogP contribution is -2.15. The lowest BCUT2D eigenvalue weighted by atomic mass is 10.0. The van der Waals surface area contributed by atoms with E-state index in [0.717, 1.165) is 6.08 Å². The van der Waals surface area contributed by atoms with Crippen LogP contribution in [-0.4, -0.2) is 24.3 Å². The van der Waals surface area contributed by atoms with Crippen molar-refractivity contribution in [1.82, 2.24) is 0 Å². The van der Waals surface area contributed by atoms with Gasteiger partial charge in [-0.05, 0) is 18.1 Å². The van der Waals surface area contributed by atoms with Crippen LogP contribution in [0.1, 0.15) is 18.9 Å². The number of aliphatic carboxylic acids is 1. The molecular formula is C13H13FO4. The molecule has 1 aliphatic rings. The van der Waals surface area contributed by atoms with E-state index in [1.807, 2.05) is 0 Å². The number of hydrogen-bond donors (Lipinski definition) is 1. The van der Waals surface area contributed by atoms with Gasteiger partial charge in [0.1, 0.15) is 19.0 Å². The first-order valence-electron chi connectivity index (χ1n) is 5.65. The molecule has 0 saturated heterocycles. The summed E-state index contributed by atoms with van der Waals surface area (Å²) in [5.74, 6) is -0.801. The summed E-state index contributed by atoms with van der Waals surface area (Å²) in [5, 5.41) is 8.75. The Kier molecular flexibility index (Phi) is 3.50. The third-order valence-corrected chi connectivity index (χ3v) is 2.66. The molecule has 0 saturated carbocycles. The SMILES string of the molecule is CC/C(=C\C(=O)O)c1cc2c(cc1F)OCCO2. The number of fused-ring (bicyclic) bond motifs is 1. The van der Waals surface area contributed by atoms with E-state index < -0.39 is 11.8 Å². The number of benzene rings is 1. The van der Waals surface area contributed by atoms with Crippen LogP contribution < -0.4 is 9.47 Å². The average molecular weight is 252 g/mol. The van der Waals surface area contributed by atoms with E-state index in [-0.39, 0.29) is 5.56 Å². The van der Waals surface area contributed by atoms with E-state index in [0.29, 0.717) is 36.7 Å². The molecule has 96 valence electrons. The van der Waals surface area contributed by atoms with Crippen LogP contribution in [0.25, 0.3) is 5.57 Å². The van der Waals surface area contributed by atoms with E-state index in [4.69, 9.17) is 14.6 Å². The first-order valence-corrected chi connectivity index (χ1v) is 5.65. The van der Waals surface area contributed by atoms with Crippen molar-refractivity contribution in [2.75, 3.05) is 13.2 Å². The number of ether oxygens (including phenoxy) is 2. The summed E-state index contributed by atoms with van der Waals surface area (Å²) in [4.78, 5) is 10.7. The predicted octanol–water partition coefficient (Wildman–Crippen LogP) is 2.47. The van der Waals surface area contributed by atoms with Crippen LogP contribution in [0.4, 0.5) is 4.39 Å². The molecule has 0 aromatic heterocycles. The molecule has 4 nitrogen and oxygen atoms in total. The minimum absolute atomic E-state index is 0.240. The molecule has 1 heterocycles. The highest BCUT2D eigenvalue weighted by atomic mass is 19.1. The average Bonchev–Trinajstić information content (AvgIpc) is 2.35. The number of allylic oxidation sites excluding steroid dienone is 1. The molecule has 0 bridgehead atoms. The molecule has 5 heteroatoms. The van der Waals surface area contributed by atoms with Gasteiger partial charge in [0, 0.05) is 17.7 Å². The fraction of sp³-hybridized carbons (Fsp3) is 0.308. The van der Waals surface area contributed by atoms with Gasteiger partial charge in [-0.3, -0.25) is 0 Å². The fourth-order valence-corrected chi connectivity index (χ4v) is 1.83. The monoisotopic (exact) mass is 252 g/mol. The van der Waals surface area contributed by atoms with E-state index in [1.54, 1.807) is 6.92 Å². The highest BCUT2D eigenvalue weighted by molar-refractivity contribution is 5.90. The van der Waals surface area contributed by atoms with Crippen molar-refractivity contribution in [1.29, 1.82) is 0 Å². The van der Waals surface area contributed by atoms with Gasteiger partial charge in [0.2, 0.25) is 0 Å². The number of carbonyl (C=O) groups is 1. The maximum absolute atomic E-state index is 13.9. The van der Waals surface area contributed by atoms with Crippen LogP contribution in [0, 0.1) is 5.82 Å². The number of carboxylic acid groups (broad SMARTS) is 1. The van der Waals surface area contributed by atoms with Crippen molar-refractivity contribution in [3.8, 4) is 11.5 Å². The molecular weight excluding hydrogens is 239 g/mol. The summed E-state index contributed by atoms with van der Waals surface area (Å²) >= 11 is 0. The summed E-state index contributed by atoms with van der Waals surface area (Å²) in [6.07, 6.45) is 1.43. The highest BCUT2D eigenvalue weighted by Crippen LogP contribution is 2.35. The number of halogens is 1.